The topological polar surface area (TPSA) is 55.2 Å². The number of aryl methyl sites for hydroxylation is 1. The summed E-state index contributed by atoms with van der Waals surface area (Å²) in [4.78, 5) is 31.6. The third kappa shape index (κ3) is 3.66. The lowest BCUT2D eigenvalue weighted by atomic mass is 10.2. The highest BCUT2D eigenvalue weighted by Gasteiger charge is 2.12. The molecule has 2 heterocycles. The lowest BCUT2D eigenvalue weighted by Gasteiger charge is -2.16. The number of amides is 1. The number of nitrogens with zero attached hydrogens (tertiary/aromatic N) is 3. The summed E-state index contributed by atoms with van der Waals surface area (Å²) in [6.07, 6.45) is 1.74. The minimum absolute atomic E-state index is 0.0282. The smallest absolute Gasteiger partial charge is 0.261 e. The van der Waals surface area contributed by atoms with Gasteiger partial charge in [0, 0.05) is 24.9 Å². The summed E-state index contributed by atoms with van der Waals surface area (Å²) in [5.74, 6) is -0.0282. The zero-order valence-electron chi connectivity index (χ0n) is 13.1. The minimum atomic E-state index is -0.124. The van der Waals surface area contributed by atoms with E-state index in [1.807, 2.05) is 18.2 Å². The highest BCUT2D eigenvalue weighted by Crippen LogP contribution is 2.22. The van der Waals surface area contributed by atoms with E-state index in [2.05, 4.69) is 4.98 Å². The van der Waals surface area contributed by atoms with Gasteiger partial charge in [0.25, 0.3) is 5.56 Å². The van der Waals surface area contributed by atoms with Crippen LogP contribution in [-0.4, -0.2) is 27.4 Å². The highest BCUT2D eigenvalue weighted by atomic mass is 35.5. The lowest BCUT2D eigenvalue weighted by molar-refractivity contribution is -0.130. The molecule has 7 heteroatoms. The first-order valence-electron chi connectivity index (χ1n) is 7.47. The Morgan fingerprint density at radius 3 is 2.83 bits per heavy atom. The van der Waals surface area contributed by atoms with Crippen LogP contribution in [-0.2, 0) is 17.9 Å². The Hall–Kier alpha value is -2.18. The predicted molar refractivity (Wildman–Crippen MR) is 96.4 cm³/mol. The van der Waals surface area contributed by atoms with Gasteiger partial charge in [-0.15, -0.1) is 11.3 Å². The molecule has 0 aliphatic carbocycles. The molecule has 0 unspecified atom stereocenters. The van der Waals surface area contributed by atoms with Gasteiger partial charge in [0.2, 0.25) is 5.91 Å². The molecule has 0 spiro atoms. The maximum atomic E-state index is 12.4. The Morgan fingerprint density at radius 1 is 1.29 bits per heavy atom. The van der Waals surface area contributed by atoms with Crippen molar-refractivity contribution >= 4 is 39.7 Å². The van der Waals surface area contributed by atoms with Gasteiger partial charge < -0.3 is 4.90 Å². The fourth-order valence-corrected chi connectivity index (χ4v) is 3.57. The molecule has 0 fully saturated rings. The van der Waals surface area contributed by atoms with Crippen molar-refractivity contribution in [1.29, 1.82) is 0 Å². The Kier molecular flexibility index (Phi) is 4.97. The second-order valence-corrected chi connectivity index (χ2v) is 7.27. The third-order valence-electron chi connectivity index (χ3n) is 3.75. The van der Waals surface area contributed by atoms with E-state index < -0.39 is 0 Å². The van der Waals surface area contributed by atoms with Crippen LogP contribution in [0.2, 0.25) is 4.34 Å². The molecule has 0 saturated heterocycles. The van der Waals surface area contributed by atoms with Crippen LogP contribution in [0, 0.1) is 0 Å². The zero-order valence-corrected chi connectivity index (χ0v) is 14.7. The second-order valence-electron chi connectivity index (χ2n) is 5.47. The summed E-state index contributed by atoms with van der Waals surface area (Å²) < 4.78 is 2.19. The van der Waals surface area contributed by atoms with Crippen LogP contribution in [0.3, 0.4) is 0 Å². The van der Waals surface area contributed by atoms with Crippen molar-refractivity contribution in [1.82, 2.24) is 14.5 Å². The average Bonchev–Trinajstić information content (AvgIpc) is 2.99. The number of rotatable bonds is 5. The molecule has 1 aromatic carbocycles. The van der Waals surface area contributed by atoms with Crippen LogP contribution >= 0.6 is 22.9 Å². The van der Waals surface area contributed by atoms with Crippen LogP contribution in [0.5, 0.6) is 0 Å². The molecule has 3 aromatic rings. The largest absolute Gasteiger partial charge is 0.341 e. The molecule has 2 aromatic heterocycles. The molecule has 0 bridgehead atoms. The Labute approximate surface area is 148 Å². The SMILES string of the molecule is CN(Cc1ccc(Cl)s1)C(=O)CCn1cnc2ccccc2c1=O. The van der Waals surface area contributed by atoms with Gasteiger partial charge in [0.05, 0.1) is 28.1 Å². The number of fused-ring (bicyclic) bond motifs is 1. The molecular formula is C17H16ClN3O2S. The summed E-state index contributed by atoms with van der Waals surface area (Å²) in [7, 11) is 1.75. The van der Waals surface area contributed by atoms with Crippen LogP contribution in [0.15, 0.2) is 47.5 Å². The van der Waals surface area contributed by atoms with Gasteiger partial charge in [0.15, 0.2) is 0 Å². The number of thiophene rings is 1. The Bertz CT molecular complexity index is 935. The Balaban J connectivity index is 1.65. The first-order chi connectivity index (χ1) is 11.5. The highest BCUT2D eigenvalue weighted by molar-refractivity contribution is 7.16. The van der Waals surface area contributed by atoms with E-state index >= 15 is 0 Å². The summed E-state index contributed by atoms with van der Waals surface area (Å²) >= 11 is 7.36. The molecule has 0 atom stereocenters. The van der Waals surface area contributed by atoms with Crippen molar-refractivity contribution in [3.8, 4) is 0 Å². The molecule has 124 valence electrons. The number of carbonyl (C=O) groups excluding carboxylic acids is 1. The van der Waals surface area contributed by atoms with Gasteiger partial charge in [0.1, 0.15) is 0 Å². The van der Waals surface area contributed by atoms with E-state index in [0.717, 1.165) is 4.88 Å². The van der Waals surface area contributed by atoms with Crippen LogP contribution in [0.25, 0.3) is 10.9 Å². The summed E-state index contributed by atoms with van der Waals surface area (Å²) in [6.45, 7) is 0.826. The first-order valence-corrected chi connectivity index (χ1v) is 8.66. The van der Waals surface area contributed by atoms with E-state index in [0.29, 0.717) is 28.3 Å². The van der Waals surface area contributed by atoms with E-state index in [4.69, 9.17) is 11.6 Å². The molecular weight excluding hydrogens is 346 g/mol. The molecule has 0 aliphatic rings. The molecule has 3 rings (SSSR count). The van der Waals surface area contributed by atoms with Gasteiger partial charge >= 0.3 is 0 Å². The quantitative estimate of drug-likeness (QED) is 0.701. The number of para-hydroxylation sites is 1. The fourth-order valence-electron chi connectivity index (χ4n) is 2.43. The molecule has 0 saturated carbocycles. The zero-order chi connectivity index (χ0) is 17.1. The van der Waals surface area contributed by atoms with Crippen molar-refractivity contribution in [3.63, 3.8) is 0 Å². The lowest BCUT2D eigenvalue weighted by Crippen LogP contribution is -2.29. The number of carbonyl (C=O) groups is 1. The van der Waals surface area contributed by atoms with E-state index in [9.17, 15) is 9.59 Å². The van der Waals surface area contributed by atoms with E-state index in [1.165, 1.54) is 22.2 Å². The standard InChI is InChI=1S/C17H16ClN3O2S/c1-20(10-12-6-7-15(18)24-12)16(22)8-9-21-11-19-14-5-3-2-4-13(14)17(21)23/h2-7,11H,8-10H2,1H3. The van der Waals surface area contributed by atoms with Gasteiger partial charge in [-0.05, 0) is 24.3 Å². The molecule has 1 amide bonds. The predicted octanol–water partition coefficient (Wildman–Crippen LogP) is 3.16. The van der Waals surface area contributed by atoms with Crippen molar-refractivity contribution in [2.24, 2.45) is 0 Å². The minimum Gasteiger partial charge on any atom is -0.341 e. The maximum absolute atomic E-state index is 12.4. The fraction of sp³-hybridized carbons (Fsp3) is 0.235. The third-order valence-corrected chi connectivity index (χ3v) is 4.96. The molecule has 0 aliphatic heterocycles. The monoisotopic (exact) mass is 361 g/mol. The van der Waals surface area contributed by atoms with Crippen LogP contribution in [0.1, 0.15) is 11.3 Å². The number of hydrogen-bond donors (Lipinski definition) is 0. The Morgan fingerprint density at radius 2 is 2.08 bits per heavy atom. The first kappa shape index (κ1) is 16.7. The normalized spacial score (nSPS) is 10.9. The number of halogens is 1. The maximum Gasteiger partial charge on any atom is 0.261 e. The number of aromatic nitrogens is 2. The molecule has 24 heavy (non-hydrogen) atoms. The van der Waals surface area contributed by atoms with Crippen molar-refractivity contribution in [2.75, 3.05) is 7.05 Å². The van der Waals surface area contributed by atoms with Crippen molar-refractivity contribution in [3.05, 3.63) is 62.3 Å². The van der Waals surface area contributed by atoms with Crippen molar-refractivity contribution in [2.45, 2.75) is 19.5 Å². The molecule has 0 N–H and O–H groups in total. The average molecular weight is 362 g/mol. The summed E-state index contributed by atoms with van der Waals surface area (Å²) in [5, 5.41) is 0.564. The van der Waals surface area contributed by atoms with Gasteiger partial charge in [-0.3, -0.25) is 14.2 Å². The van der Waals surface area contributed by atoms with Gasteiger partial charge in [-0.2, -0.15) is 0 Å². The van der Waals surface area contributed by atoms with Crippen molar-refractivity contribution < 1.29 is 4.79 Å². The summed E-state index contributed by atoms with van der Waals surface area (Å²) in [6, 6.07) is 10.9. The van der Waals surface area contributed by atoms with E-state index in [-0.39, 0.29) is 17.9 Å². The molecule has 5 nitrogen and oxygen atoms in total. The summed E-state index contributed by atoms with van der Waals surface area (Å²) in [5.41, 5.74) is 0.540. The molecule has 0 radical (unpaired) electrons. The number of hydrogen-bond acceptors (Lipinski definition) is 4. The van der Waals surface area contributed by atoms with Crippen LogP contribution in [0.4, 0.5) is 0 Å². The number of benzene rings is 1. The van der Waals surface area contributed by atoms with Gasteiger partial charge in [-0.1, -0.05) is 23.7 Å². The van der Waals surface area contributed by atoms with E-state index in [1.54, 1.807) is 30.1 Å². The van der Waals surface area contributed by atoms with Crippen LogP contribution < -0.4 is 5.56 Å². The second kappa shape index (κ2) is 7.15. The van der Waals surface area contributed by atoms with Gasteiger partial charge in [-0.25, -0.2) is 4.98 Å².